The van der Waals surface area contributed by atoms with Gasteiger partial charge in [-0.25, -0.2) is 29.9 Å². The van der Waals surface area contributed by atoms with Crippen molar-refractivity contribution in [2.45, 2.75) is 24.9 Å². The molecule has 0 unspecified atom stereocenters. The Kier molecular flexibility index (Phi) is 9.83. The highest BCUT2D eigenvalue weighted by Crippen LogP contribution is 2.29. The minimum Gasteiger partial charge on any atom is -0.487 e. The molecular formula is C40H34N14O4. The predicted octanol–water partition coefficient (Wildman–Crippen LogP) is 3.68. The number of amides is 2. The summed E-state index contributed by atoms with van der Waals surface area (Å²) < 4.78 is 15.3. The van der Waals surface area contributed by atoms with Crippen LogP contribution in [-0.2, 0) is 12.8 Å². The van der Waals surface area contributed by atoms with Crippen molar-refractivity contribution in [2.24, 2.45) is 0 Å². The molecule has 2 atom stereocenters. The molecule has 0 radical (unpaired) electrons. The number of hydrogen-bond donors (Lipinski definition) is 4. The maximum Gasteiger partial charge on any atom is 0.291 e. The minimum absolute atomic E-state index is 0.0777. The van der Waals surface area contributed by atoms with Crippen LogP contribution in [0.2, 0.25) is 0 Å². The Bertz CT molecular complexity index is 2490. The van der Waals surface area contributed by atoms with E-state index >= 15 is 0 Å². The van der Waals surface area contributed by atoms with E-state index in [4.69, 9.17) is 9.47 Å². The highest BCUT2D eigenvalue weighted by Gasteiger charge is 2.29. The first kappa shape index (κ1) is 35.7. The number of imidazole rings is 2. The Morgan fingerprint density at radius 2 is 1.03 bits per heavy atom. The van der Waals surface area contributed by atoms with Crippen LogP contribution < -0.4 is 20.1 Å². The molecule has 0 spiro atoms. The molecule has 0 saturated heterocycles. The van der Waals surface area contributed by atoms with Crippen molar-refractivity contribution in [1.29, 1.82) is 0 Å². The number of aromatic nitrogens is 12. The molecule has 288 valence electrons. The van der Waals surface area contributed by atoms with Crippen LogP contribution in [0.1, 0.15) is 67.7 Å². The maximum absolute atomic E-state index is 12.7. The third-order valence-electron chi connectivity index (χ3n) is 9.24. The largest absolute Gasteiger partial charge is 0.487 e. The lowest BCUT2D eigenvalue weighted by molar-refractivity contribution is 0.0902. The molecule has 18 nitrogen and oxygen atoms in total. The summed E-state index contributed by atoms with van der Waals surface area (Å²) in [5, 5.41) is 19.6. The zero-order chi connectivity index (χ0) is 39.3. The predicted molar refractivity (Wildman–Crippen MR) is 205 cm³/mol. The van der Waals surface area contributed by atoms with Crippen LogP contribution in [0, 0.1) is 0 Å². The number of hydrogen-bond acceptors (Lipinski definition) is 12. The van der Waals surface area contributed by atoms with E-state index in [2.05, 4.69) is 60.9 Å². The monoisotopic (exact) mass is 774 g/mol. The van der Waals surface area contributed by atoms with E-state index in [1.54, 1.807) is 49.3 Å². The Morgan fingerprint density at radius 1 is 0.586 bits per heavy atom. The summed E-state index contributed by atoms with van der Waals surface area (Å²) in [7, 11) is 0. The lowest BCUT2D eigenvalue weighted by Crippen LogP contribution is -2.33. The van der Waals surface area contributed by atoms with Gasteiger partial charge in [0.15, 0.2) is 23.1 Å². The minimum atomic E-state index is -0.470. The van der Waals surface area contributed by atoms with Crippen LogP contribution in [0.5, 0.6) is 11.5 Å². The van der Waals surface area contributed by atoms with Gasteiger partial charge in [-0.3, -0.25) is 28.9 Å². The van der Waals surface area contributed by atoms with Gasteiger partial charge < -0.3 is 20.1 Å². The lowest BCUT2D eigenvalue weighted by Gasteiger charge is -2.14. The summed E-state index contributed by atoms with van der Waals surface area (Å²) in [6.07, 6.45) is 11.4. The number of H-pyrrole nitrogens is 2. The molecule has 0 bridgehead atoms. The van der Waals surface area contributed by atoms with Crippen molar-refractivity contribution in [3.8, 4) is 23.1 Å². The topological polar surface area (TPSA) is 221 Å². The Hall–Kier alpha value is -8.02. The van der Waals surface area contributed by atoms with Crippen molar-refractivity contribution < 1.29 is 19.1 Å². The van der Waals surface area contributed by atoms with E-state index in [1.165, 1.54) is 0 Å². The number of carbonyl (C=O) groups is 2. The van der Waals surface area contributed by atoms with Crippen LogP contribution in [0.4, 0.5) is 0 Å². The Balaban J connectivity index is 0.000000150. The van der Waals surface area contributed by atoms with Gasteiger partial charge in [0.05, 0.1) is 0 Å². The number of nitrogens with zero attached hydrogens (tertiary/aromatic N) is 10. The first-order valence-corrected chi connectivity index (χ1v) is 18.3. The van der Waals surface area contributed by atoms with Crippen LogP contribution in [0.25, 0.3) is 11.6 Å². The summed E-state index contributed by atoms with van der Waals surface area (Å²) in [6, 6.07) is 26.1. The van der Waals surface area contributed by atoms with E-state index in [0.717, 1.165) is 11.1 Å². The summed E-state index contributed by atoms with van der Waals surface area (Å²) in [5.74, 6) is 4.41. The average molecular weight is 775 g/mol. The third-order valence-corrected chi connectivity index (χ3v) is 9.24. The second-order valence-electron chi connectivity index (χ2n) is 13.2. The zero-order valence-electron chi connectivity index (χ0n) is 30.6. The first-order chi connectivity index (χ1) is 28.6. The molecule has 6 aromatic heterocycles. The van der Waals surface area contributed by atoms with Crippen LogP contribution in [-0.4, -0.2) is 84.5 Å². The van der Waals surface area contributed by atoms with E-state index in [-0.39, 0.29) is 24.9 Å². The highest BCUT2D eigenvalue weighted by atomic mass is 16.5. The number of rotatable bonds is 8. The number of nitrogens with one attached hydrogen (secondary N) is 4. The van der Waals surface area contributed by atoms with Gasteiger partial charge in [-0.2, -0.15) is 0 Å². The van der Waals surface area contributed by atoms with Gasteiger partial charge >= 0.3 is 0 Å². The van der Waals surface area contributed by atoms with Crippen molar-refractivity contribution in [3.63, 3.8) is 0 Å². The third kappa shape index (κ3) is 7.61. The molecule has 0 fully saturated rings. The number of carbonyl (C=O) groups excluding carboxylic acids is 2. The molecule has 2 aliphatic heterocycles. The fraction of sp³-hybridized carbons (Fsp3) is 0.150. The quantitative estimate of drug-likeness (QED) is 0.174. The summed E-state index contributed by atoms with van der Waals surface area (Å²) in [6.45, 7) is 0.450. The number of pyridine rings is 2. The molecule has 2 aliphatic rings. The van der Waals surface area contributed by atoms with E-state index in [9.17, 15) is 9.59 Å². The second-order valence-corrected chi connectivity index (χ2v) is 13.2. The number of benzene rings is 2. The van der Waals surface area contributed by atoms with Gasteiger partial charge in [0, 0.05) is 50.0 Å². The lowest BCUT2D eigenvalue weighted by atomic mass is 10.1. The van der Waals surface area contributed by atoms with Gasteiger partial charge in [-0.15, -0.1) is 10.2 Å². The fourth-order valence-corrected chi connectivity index (χ4v) is 6.54. The van der Waals surface area contributed by atoms with Crippen molar-refractivity contribution in [3.05, 3.63) is 168 Å². The van der Waals surface area contributed by atoms with Crippen LogP contribution in [0.3, 0.4) is 0 Å². The number of aromatic amines is 2. The molecule has 0 aliphatic carbocycles. The van der Waals surface area contributed by atoms with E-state index < -0.39 is 23.9 Å². The number of ether oxygens (including phenoxy) is 2. The van der Waals surface area contributed by atoms with Crippen LogP contribution >= 0.6 is 0 Å². The molecule has 8 aromatic rings. The molecule has 0 saturated carbocycles. The molecule has 10 rings (SSSR count). The van der Waals surface area contributed by atoms with Gasteiger partial charge in [-0.05, 0) is 35.4 Å². The molecular weight excluding hydrogens is 741 g/mol. The van der Waals surface area contributed by atoms with E-state index in [1.807, 2.05) is 81.9 Å². The average Bonchev–Trinajstić information content (AvgIpc) is 4.09. The van der Waals surface area contributed by atoms with Crippen molar-refractivity contribution in [2.75, 3.05) is 13.2 Å². The number of fused-ring (bicyclic) bond motifs is 6. The second kappa shape index (κ2) is 16.0. The SMILES string of the molecule is O=C(N[C@@H]1COc2cccnc2-n2ccnc21)c1n[nH]c(Cc2ccccc2)n1.O=C(N[C@H]1COc2cccnc2-n2ccnc21)c1n[nH]c(Cc2ccccc2)n1. The van der Waals surface area contributed by atoms with Crippen molar-refractivity contribution in [1.82, 2.24) is 70.1 Å². The summed E-state index contributed by atoms with van der Waals surface area (Å²) in [5.41, 5.74) is 2.17. The van der Waals surface area contributed by atoms with Gasteiger partial charge in [0.25, 0.3) is 11.8 Å². The zero-order valence-corrected chi connectivity index (χ0v) is 30.6. The summed E-state index contributed by atoms with van der Waals surface area (Å²) >= 11 is 0. The Labute approximate surface area is 329 Å². The molecule has 4 N–H and O–H groups in total. The molecule has 2 aromatic carbocycles. The van der Waals surface area contributed by atoms with Gasteiger partial charge in [0.2, 0.25) is 11.6 Å². The summed E-state index contributed by atoms with van der Waals surface area (Å²) in [4.78, 5) is 51.6. The fourth-order valence-electron chi connectivity index (χ4n) is 6.54. The smallest absolute Gasteiger partial charge is 0.291 e. The van der Waals surface area contributed by atoms with Gasteiger partial charge in [-0.1, -0.05) is 60.7 Å². The standard InChI is InChI=1S/2C20H17N7O2/c2*28-20(17-24-16(25-26-17)11-13-5-2-1-3-6-13)23-14-12-29-15-7-4-8-21-19(15)27-10-9-22-18(14)27/h2*1-10,14H,11-12H2,(H,23,28)(H,24,25,26)/t2*14-/m10/s1. The highest BCUT2D eigenvalue weighted by molar-refractivity contribution is 5.91. The van der Waals surface area contributed by atoms with E-state index in [0.29, 0.717) is 59.3 Å². The molecule has 2 amide bonds. The Morgan fingerprint density at radius 3 is 1.48 bits per heavy atom. The molecule has 18 heteroatoms. The van der Waals surface area contributed by atoms with Crippen molar-refractivity contribution >= 4 is 11.8 Å². The molecule has 8 heterocycles. The van der Waals surface area contributed by atoms with Crippen LogP contribution in [0.15, 0.2) is 122 Å². The molecule has 58 heavy (non-hydrogen) atoms. The normalized spacial score (nSPS) is 15.0. The maximum atomic E-state index is 12.7. The van der Waals surface area contributed by atoms with Gasteiger partial charge in [0.1, 0.15) is 48.6 Å². The first-order valence-electron chi connectivity index (χ1n) is 18.3.